The molecule has 8 atom stereocenters. The van der Waals surface area contributed by atoms with Crippen molar-refractivity contribution in [2.45, 2.75) is 85.7 Å². The second-order valence-corrected chi connectivity index (χ2v) is 13.0. The minimum Gasteiger partial charge on any atom is -0.504 e. The molecule has 0 radical (unpaired) electrons. The van der Waals surface area contributed by atoms with Gasteiger partial charge in [-0.1, -0.05) is 38.8 Å². The maximum absolute atomic E-state index is 14.1. The van der Waals surface area contributed by atoms with Crippen LogP contribution in [0.25, 0.3) is 0 Å². The highest BCUT2D eigenvalue weighted by Gasteiger charge is 2.71. The number of carbonyl (C=O) groups is 3. The molecule has 0 aromatic carbocycles. The zero-order valence-corrected chi connectivity index (χ0v) is 21.7. The van der Waals surface area contributed by atoms with E-state index in [0.717, 1.165) is 11.1 Å². The largest absolute Gasteiger partial charge is 0.504 e. The molecule has 0 amide bonds. The molecule has 3 fully saturated rings. The lowest BCUT2D eigenvalue weighted by molar-refractivity contribution is -0.192. The van der Waals surface area contributed by atoms with Crippen LogP contribution in [0.15, 0.2) is 34.6 Å². The molecule has 35 heavy (non-hydrogen) atoms. The zero-order valence-electron chi connectivity index (χ0n) is 21.7. The van der Waals surface area contributed by atoms with E-state index >= 15 is 0 Å². The lowest BCUT2D eigenvalue weighted by Crippen LogP contribution is -2.67. The van der Waals surface area contributed by atoms with Crippen LogP contribution in [0.2, 0.25) is 0 Å². The van der Waals surface area contributed by atoms with E-state index in [-0.39, 0.29) is 23.2 Å². The zero-order chi connectivity index (χ0) is 25.9. The van der Waals surface area contributed by atoms with Crippen molar-refractivity contribution >= 4 is 17.5 Å². The number of fused-ring (bicyclic) bond motifs is 7. The fourth-order valence-corrected chi connectivity index (χ4v) is 9.28. The maximum Gasteiger partial charge on any atom is 0.310 e. The van der Waals surface area contributed by atoms with Crippen LogP contribution in [-0.2, 0) is 14.4 Å². The normalized spacial score (nSPS) is 49.3. The topological polar surface area (TPSA) is 112 Å². The van der Waals surface area contributed by atoms with Gasteiger partial charge in [0.2, 0.25) is 5.78 Å². The maximum atomic E-state index is 14.1. The molecular weight excluding hydrogens is 444 g/mol. The Morgan fingerprint density at radius 2 is 1.69 bits per heavy atom. The molecule has 0 bridgehead atoms. The van der Waals surface area contributed by atoms with E-state index in [1.54, 1.807) is 26.0 Å². The summed E-state index contributed by atoms with van der Waals surface area (Å²) in [5.41, 5.74) is -1.90. The molecule has 0 saturated heterocycles. The van der Waals surface area contributed by atoms with E-state index in [0.29, 0.717) is 44.1 Å². The highest BCUT2D eigenvalue weighted by molar-refractivity contribution is 6.08. The summed E-state index contributed by atoms with van der Waals surface area (Å²) in [5, 5.41) is 32.8. The van der Waals surface area contributed by atoms with Gasteiger partial charge in [0.05, 0.1) is 11.0 Å². The molecular formula is C29H38O6. The molecule has 5 aliphatic rings. The van der Waals surface area contributed by atoms with Crippen molar-refractivity contribution in [3.05, 3.63) is 34.6 Å². The number of aliphatic hydroxyl groups is 2. The van der Waals surface area contributed by atoms with E-state index < -0.39 is 45.1 Å². The Hall–Kier alpha value is -2.21. The van der Waals surface area contributed by atoms with Gasteiger partial charge in [-0.2, -0.15) is 0 Å². The average molecular weight is 483 g/mol. The van der Waals surface area contributed by atoms with Crippen molar-refractivity contribution in [2.75, 3.05) is 0 Å². The second-order valence-electron chi connectivity index (χ2n) is 13.0. The van der Waals surface area contributed by atoms with Crippen molar-refractivity contribution in [2.24, 2.45) is 39.4 Å². The third-order valence-corrected chi connectivity index (χ3v) is 11.7. The molecule has 6 heteroatoms. The highest BCUT2D eigenvalue weighted by Crippen LogP contribution is 2.73. The van der Waals surface area contributed by atoms with E-state index in [9.17, 15) is 29.7 Å². The summed E-state index contributed by atoms with van der Waals surface area (Å²) < 4.78 is 0. The van der Waals surface area contributed by atoms with Crippen LogP contribution >= 0.6 is 0 Å². The number of hydrogen-bond acceptors (Lipinski definition) is 5. The third kappa shape index (κ3) is 2.67. The van der Waals surface area contributed by atoms with Crippen LogP contribution in [0.4, 0.5) is 0 Å². The summed E-state index contributed by atoms with van der Waals surface area (Å²) in [6, 6.07) is 0. The van der Waals surface area contributed by atoms with Gasteiger partial charge in [0.1, 0.15) is 0 Å². The smallest absolute Gasteiger partial charge is 0.310 e. The fraction of sp³-hybridized carbons (Fsp3) is 0.690. The Balaban J connectivity index is 1.75. The molecule has 0 aromatic rings. The van der Waals surface area contributed by atoms with Crippen molar-refractivity contribution in [3.8, 4) is 0 Å². The monoisotopic (exact) mass is 482 g/mol. The number of aliphatic hydroxyl groups excluding tert-OH is 1. The molecule has 6 nitrogen and oxygen atoms in total. The van der Waals surface area contributed by atoms with E-state index in [1.165, 1.54) is 0 Å². The molecule has 3 N–H and O–H groups in total. The van der Waals surface area contributed by atoms with Gasteiger partial charge < -0.3 is 15.3 Å². The summed E-state index contributed by atoms with van der Waals surface area (Å²) in [5.74, 6) is -2.87. The first-order valence-corrected chi connectivity index (χ1v) is 13.0. The predicted molar refractivity (Wildman–Crippen MR) is 130 cm³/mol. The van der Waals surface area contributed by atoms with Gasteiger partial charge in [-0.25, -0.2) is 0 Å². The number of carbonyl (C=O) groups excluding carboxylic acids is 2. The second kappa shape index (κ2) is 6.96. The number of carboxylic acid groups (broad SMARTS) is 1. The minimum absolute atomic E-state index is 0.0887. The van der Waals surface area contributed by atoms with Crippen LogP contribution in [0.1, 0.15) is 80.1 Å². The van der Waals surface area contributed by atoms with E-state index in [2.05, 4.69) is 13.8 Å². The molecule has 0 spiro atoms. The Kier molecular flexibility index (Phi) is 4.87. The quantitative estimate of drug-likeness (QED) is 0.489. The Labute approximate surface area is 207 Å². The lowest BCUT2D eigenvalue weighted by Gasteiger charge is -2.68. The molecule has 0 heterocycles. The van der Waals surface area contributed by atoms with Gasteiger partial charge in [-0.3, -0.25) is 14.4 Å². The number of rotatable bonds is 1. The van der Waals surface area contributed by atoms with Crippen molar-refractivity contribution in [1.29, 1.82) is 0 Å². The average Bonchev–Trinajstić information content (AvgIpc) is 2.75. The van der Waals surface area contributed by atoms with E-state index in [1.807, 2.05) is 13.8 Å². The number of ketones is 2. The van der Waals surface area contributed by atoms with Gasteiger partial charge in [-0.05, 0) is 81.3 Å². The van der Waals surface area contributed by atoms with Crippen molar-refractivity contribution in [1.82, 2.24) is 0 Å². The van der Waals surface area contributed by atoms with Gasteiger partial charge in [-0.15, -0.1) is 0 Å². The Bertz CT molecular complexity index is 1160. The SMILES string of the molecule is CC1=C2CC[C@]3(C)[C@H](C(=O)C=C4[C@H]5[C@](C(=O)O)(CC[C@@H](C)[C@@]5(C)O)CC[C@]43C)[C@@]2(C)C=C(O)C1=O. The number of aliphatic carboxylic acids is 1. The first kappa shape index (κ1) is 24.5. The predicted octanol–water partition coefficient (Wildman–Crippen LogP) is 4.93. The van der Waals surface area contributed by atoms with Gasteiger partial charge >= 0.3 is 5.97 Å². The van der Waals surface area contributed by atoms with Crippen molar-refractivity contribution in [3.63, 3.8) is 0 Å². The number of allylic oxidation sites excluding steroid dienone is 4. The van der Waals surface area contributed by atoms with Crippen LogP contribution in [0, 0.1) is 39.4 Å². The van der Waals surface area contributed by atoms with Gasteiger partial charge in [0.15, 0.2) is 11.5 Å². The lowest BCUT2D eigenvalue weighted by atomic mass is 9.35. The highest BCUT2D eigenvalue weighted by atomic mass is 16.4. The molecule has 5 aliphatic carbocycles. The third-order valence-electron chi connectivity index (χ3n) is 11.7. The molecule has 0 unspecified atom stereocenters. The van der Waals surface area contributed by atoms with Crippen LogP contribution < -0.4 is 0 Å². The van der Waals surface area contributed by atoms with Crippen LogP contribution in [0.5, 0.6) is 0 Å². The number of carboxylic acids is 1. The summed E-state index contributed by atoms with van der Waals surface area (Å²) in [6.45, 7) is 11.7. The van der Waals surface area contributed by atoms with Gasteiger partial charge in [0, 0.05) is 22.8 Å². The summed E-state index contributed by atoms with van der Waals surface area (Å²) >= 11 is 0. The van der Waals surface area contributed by atoms with Gasteiger partial charge in [0.25, 0.3) is 0 Å². The molecule has 190 valence electrons. The summed E-state index contributed by atoms with van der Waals surface area (Å²) in [4.78, 5) is 39.4. The van der Waals surface area contributed by atoms with Crippen molar-refractivity contribution < 1.29 is 29.7 Å². The van der Waals surface area contributed by atoms with E-state index in [4.69, 9.17) is 0 Å². The van der Waals surface area contributed by atoms with Crippen LogP contribution in [0.3, 0.4) is 0 Å². The molecule has 0 aromatic heterocycles. The fourth-order valence-electron chi connectivity index (χ4n) is 9.28. The Morgan fingerprint density at radius 1 is 1.03 bits per heavy atom. The first-order chi connectivity index (χ1) is 16.1. The molecule has 0 aliphatic heterocycles. The standard InChI is InChI=1S/C29H38O6/c1-15-7-10-29(24(33)34)12-11-26(4)18(22(29)28(15,6)35)13-19(30)23-25(3)14-20(31)21(32)16(2)17(25)8-9-27(23,26)5/h13-15,22-23,31,35H,7-12H2,1-6H3,(H,33,34)/t15-,22-,23-,25+,26-,27-,28-,29+/m1/s1. The summed E-state index contributed by atoms with van der Waals surface area (Å²) in [7, 11) is 0. The number of hydrogen-bond donors (Lipinski definition) is 3. The van der Waals surface area contributed by atoms with Crippen LogP contribution in [-0.4, -0.2) is 38.5 Å². The number of Topliss-reactive ketones (excluding diaryl/α,β-unsaturated/α-hetero) is 1. The minimum atomic E-state index is -1.25. The molecule has 5 rings (SSSR count). The Morgan fingerprint density at radius 3 is 2.31 bits per heavy atom. The summed E-state index contributed by atoms with van der Waals surface area (Å²) in [6.07, 6.45) is 6.78. The first-order valence-electron chi connectivity index (χ1n) is 13.0. The molecule has 3 saturated carbocycles.